The molecule has 6 rings (SSSR count). The Hall–Kier alpha value is -4.11. The summed E-state index contributed by atoms with van der Waals surface area (Å²) in [5, 5.41) is 9.68. The van der Waals surface area contributed by atoms with Gasteiger partial charge in [0, 0.05) is 35.9 Å². The number of para-hydroxylation sites is 2. The second kappa shape index (κ2) is 8.03. The van der Waals surface area contributed by atoms with Crippen LogP contribution in [0.4, 0.5) is 10.3 Å². The normalized spacial score (nSPS) is 16.1. The van der Waals surface area contributed by atoms with E-state index in [1.807, 2.05) is 12.1 Å². The highest BCUT2D eigenvalue weighted by molar-refractivity contribution is 5.88. The lowest BCUT2D eigenvalue weighted by atomic mass is 9.90. The first-order chi connectivity index (χ1) is 16.6. The first-order valence-corrected chi connectivity index (χ1v) is 11.5. The molecule has 1 aromatic heterocycles. The molecular weight excluding hydrogens is 427 g/mol. The van der Waals surface area contributed by atoms with Crippen LogP contribution in [0.3, 0.4) is 0 Å². The average molecular weight is 451 g/mol. The molecule has 4 aromatic rings. The van der Waals surface area contributed by atoms with Crippen molar-refractivity contribution in [2.75, 3.05) is 18.0 Å². The highest BCUT2D eigenvalue weighted by Crippen LogP contribution is 2.39. The van der Waals surface area contributed by atoms with E-state index in [4.69, 9.17) is 9.72 Å². The van der Waals surface area contributed by atoms with Crippen LogP contribution in [0, 0.1) is 17.1 Å². The van der Waals surface area contributed by atoms with Crippen molar-refractivity contribution in [2.24, 2.45) is 0 Å². The Morgan fingerprint density at radius 2 is 1.91 bits per heavy atom. The highest BCUT2D eigenvalue weighted by Gasteiger charge is 2.24. The molecule has 0 bridgehead atoms. The minimum atomic E-state index is -0.357. The number of hydrogen-bond donors (Lipinski definition) is 0. The fourth-order valence-corrected chi connectivity index (χ4v) is 4.85. The van der Waals surface area contributed by atoms with Gasteiger partial charge in [-0.3, -0.25) is 0 Å². The van der Waals surface area contributed by atoms with Gasteiger partial charge in [0.15, 0.2) is 0 Å². The summed E-state index contributed by atoms with van der Waals surface area (Å²) in [6.45, 7) is 4.83. The topological polar surface area (TPSA) is 54.1 Å². The lowest BCUT2D eigenvalue weighted by molar-refractivity contribution is 0.305. The Bertz CT molecular complexity index is 1510. The quantitative estimate of drug-likeness (QED) is 0.377. The second-order valence-electron chi connectivity index (χ2n) is 8.86. The van der Waals surface area contributed by atoms with Crippen molar-refractivity contribution in [3.8, 4) is 11.8 Å². The second-order valence-corrected chi connectivity index (χ2v) is 8.86. The van der Waals surface area contributed by atoms with E-state index in [-0.39, 0.29) is 5.82 Å². The van der Waals surface area contributed by atoms with Crippen LogP contribution in [0.2, 0.25) is 0 Å². The summed E-state index contributed by atoms with van der Waals surface area (Å²) in [4.78, 5) is 7.21. The summed E-state index contributed by atoms with van der Waals surface area (Å²) >= 11 is 0. The number of halogens is 1. The molecule has 34 heavy (non-hydrogen) atoms. The molecule has 168 valence electrons. The van der Waals surface area contributed by atoms with Crippen molar-refractivity contribution in [1.29, 1.82) is 5.26 Å². The molecule has 5 nitrogen and oxygen atoms in total. The Kier molecular flexibility index (Phi) is 4.84. The minimum Gasteiger partial charge on any atom is -0.488 e. The smallest absolute Gasteiger partial charge is 0.206 e. The standard InChI is InChI=1S/C28H23FN4O/c1-18(15-30)27-22-9-7-19(13-20(22)17-34-26-14-21(29)8-10-23(26)27)16-33-25-6-3-2-5-24(25)31-28(33)32-11-4-12-32/h2-3,5-10,13-14H,4,11-12,16-17H2,1H3/b27-18-. The molecule has 2 aliphatic heterocycles. The third-order valence-corrected chi connectivity index (χ3v) is 6.69. The number of imidazole rings is 1. The van der Waals surface area contributed by atoms with Gasteiger partial charge in [-0.05, 0) is 60.4 Å². The monoisotopic (exact) mass is 450 g/mol. The van der Waals surface area contributed by atoms with Crippen molar-refractivity contribution in [1.82, 2.24) is 9.55 Å². The van der Waals surface area contributed by atoms with E-state index in [2.05, 4.69) is 45.9 Å². The molecule has 0 aliphatic carbocycles. The fourth-order valence-electron chi connectivity index (χ4n) is 4.85. The zero-order valence-electron chi connectivity index (χ0n) is 18.9. The summed E-state index contributed by atoms with van der Waals surface area (Å²) in [5.41, 5.74) is 7.28. The number of nitrogens with zero attached hydrogens (tertiary/aromatic N) is 4. The summed E-state index contributed by atoms with van der Waals surface area (Å²) in [7, 11) is 0. The molecule has 0 spiro atoms. The summed E-state index contributed by atoms with van der Waals surface area (Å²) in [6.07, 6.45) is 1.19. The molecule has 0 amide bonds. The third kappa shape index (κ3) is 3.32. The Morgan fingerprint density at radius 1 is 1.09 bits per heavy atom. The average Bonchev–Trinajstić information content (AvgIpc) is 3.07. The number of fused-ring (bicyclic) bond motifs is 3. The maximum absolute atomic E-state index is 13.9. The van der Waals surface area contributed by atoms with E-state index in [0.29, 0.717) is 24.5 Å². The van der Waals surface area contributed by atoms with E-state index in [0.717, 1.165) is 57.9 Å². The number of rotatable bonds is 3. The Labute approximate surface area is 197 Å². The van der Waals surface area contributed by atoms with Gasteiger partial charge in [-0.25, -0.2) is 9.37 Å². The van der Waals surface area contributed by atoms with Crippen molar-refractivity contribution in [3.63, 3.8) is 0 Å². The molecule has 6 heteroatoms. The molecule has 3 aromatic carbocycles. The van der Waals surface area contributed by atoms with Gasteiger partial charge < -0.3 is 14.2 Å². The number of allylic oxidation sites excluding steroid dienone is 1. The van der Waals surface area contributed by atoms with Crippen LogP contribution in [0.1, 0.15) is 35.6 Å². The fraction of sp³-hybridized carbons (Fsp3) is 0.214. The van der Waals surface area contributed by atoms with E-state index in [1.54, 1.807) is 13.0 Å². The van der Waals surface area contributed by atoms with Crippen LogP contribution in [0.5, 0.6) is 5.75 Å². The van der Waals surface area contributed by atoms with Gasteiger partial charge in [-0.15, -0.1) is 0 Å². The van der Waals surface area contributed by atoms with E-state index in [9.17, 15) is 9.65 Å². The number of aromatic nitrogens is 2. The Balaban J connectivity index is 1.44. The summed E-state index contributed by atoms with van der Waals surface area (Å²) in [5.74, 6) is 1.11. The SMILES string of the molecule is C/C(C#N)=C1\c2ccc(Cn3c(N4CCC4)nc4ccccc43)cc2COc2cc(F)ccc21. The summed E-state index contributed by atoms with van der Waals surface area (Å²) in [6, 6.07) is 21.3. The van der Waals surface area contributed by atoms with E-state index < -0.39 is 0 Å². The van der Waals surface area contributed by atoms with Crippen molar-refractivity contribution in [2.45, 2.75) is 26.5 Å². The molecule has 3 heterocycles. The molecule has 0 unspecified atom stereocenters. The molecule has 0 N–H and O–H groups in total. The number of anilines is 1. The predicted octanol–water partition coefficient (Wildman–Crippen LogP) is 5.67. The zero-order valence-corrected chi connectivity index (χ0v) is 18.9. The highest BCUT2D eigenvalue weighted by atomic mass is 19.1. The van der Waals surface area contributed by atoms with Crippen LogP contribution in [0.25, 0.3) is 16.6 Å². The van der Waals surface area contributed by atoms with Crippen molar-refractivity contribution >= 4 is 22.6 Å². The number of nitriles is 1. The molecule has 0 radical (unpaired) electrons. The van der Waals surface area contributed by atoms with Crippen LogP contribution in [0.15, 0.2) is 66.2 Å². The zero-order chi connectivity index (χ0) is 23.2. The minimum absolute atomic E-state index is 0.311. The Morgan fingerprint density at radius 3 is 2.71 bits per heavy atom. The van der Waals surface area contributed by atoms with Crippen LogP contribution in [-0.4, -0.2) is 22.6 Å². The molecule has 0 atom stereocenters. The predicted molar refractivity (Wildman–Crippen MR) is 130 cm³/mol. The van der Waals surface area contributed by atoms with Gasteiger partial charge in [0.05, 0.1) is 23.6 Å². The van der Waals surface area contributed by atoms with Gasteiger partial charge in [0.25, 0.3) is 0 Å². The van der Waals surface area contributed by atoms with E-state index >= 15 is 0 Å². The van der Waals surface area contributed by atoms with Gasteiger partial charge in [0.2, 0.25) is 5.95 Å². The van der Waals surface area contributed by atoms with Gasteiger partial charge in [-0.1, -0.05) is 24.3 Å². The number of benzene rings is 3. The van der Waals surface area contributed by atoms with Gasteiger partial charge >= 0.3 is 0 Å². The van der Waals surface area contributed by atoms with Gasteiger partial charge in [-0.2, -0.15) is 5.26 Å². The molecule has 1 saturated heterocycles. The maximum Gasteiger partial charge on any atom is 0.206 e. The molecule has 0 saturated carbocycles. The maximum atomic E-state index is 13.9. The van der Waals surface area contributed by atoms with Crippen LogP contribution < -0.4 is 9.64 Å². The lowest BCUT2D eigenvalue weighted by Gasteiger charge is -2.32. The van der Waals surface area contributed by atoms with Crippen LogP contribution in [-0.2, 0) is 13.2 Å². The van der Waals surface area contributed by atoms with Crippen molar-refractivity contribution in [3.05, 3.63) is 94.3 Å². The molecule has 2 aliphatic rings. The summed E-state index contributed by atoms with van der Waals surface area (Å²) < 4.78 is 22.2. The first-order valence-electron chi connectivity index (χ1n) is 11.5. The molecule has 1 fully saturated rings. The van der Waals surface area contributed by atoms with E-state index in [1.165, 1.54) is 18.6 Å². The first kappa shape index (κ1) is 20.5. The third-order valence-electron chi connectivity index (χ3n) is 6.69. The van der Waals surface area contributed by atoms with Gasteiger partial charge in [0.1, 0.15) is 18.2 Å². The lowest BCUT2D eigenvalue weighted by Crippen LogP contribution is -2.39. The van der Waals surface area contributed by atoms with Crippen LogP contribution >= 0.6 is 0 Å². The largest absolute Gasteiger partial charge is 0.488 e. The number of hydrogen-bond acceptors (Lipinski definition) is 4. The van der Waals surface area contributed by atoms with Crippen molar-refractivity contribution < 1.29 is 9.13 Å². The molecular formula is C28H23FN4O. The number of ether oxygens (including phenoxy) is 1.